The van der Waals surface area contributed by atoms with Gasteiger partial charge in [0.2, 0.25) is 5.91 Å². The first-order chi connectivity index (χ1) is 15.5. The number of aliphatic carboxylic acids is 1. The maximum Gasteiger partial charge on any atom is 0.407 e. The van der Waals surface area contributed by atoms with Crippen LogP contribution in [0.15, 0.2) is 61.2 Å². The molecule has 166 valence electrons. The van der Waals surface area contributed by atoms with Gasteiger partial charge in [0, 0.05) is 5.92 Å². The topological polar surface area (TPSA) is 105 Å². The second-order valence-corrected chi connectivity index (χ2v) is 8.21. The predicted octanol–water partition coefficient (Wildman–Crippen LogP) is 3.45. The van der Waals surface area contributed by atoms with Gasteiger partial charge in [-0.2, -0.15) is 0 Å². The Bertz CT molecular complexity index is 1000. The van der Waals surface area contributed by atoms with Gasteiger partial charge in [-0.15, -0.1) is 6.58 Å². The summed E-state index contributed by atoms with van der Waals surface area (Å²) in [4.78, 5) is 36.5. The van der Waals surface area contributed by atoms with E-state index >= 15 is 0 Å². The Morgan fingerprint density at radius 3 is 2.16 bits per heavy atom. The lowest BCUT2D eigenvalue weighted by Gasteiger charge is -2.21. The van der Waals surface area contributed by atoms with Crippen molar-refractivity contribution < 1.29 is 24.2 Å². The maximum absolute atomic E-state index is 12.6. The fraction of sp³-hybridized carbons (Fsp3) is 0.320. The molecule has 0 heterocycles. The Labute approximate surface area is 186 Å². The summed E-state index contributed by atoms with van der Waals surface area (Å²) in [7, 11) is 0. The normalized spacial score (nSPS) is 16.2. The number of hydrogen-bond donors (Lipinski definition) is 3. The minimum atomic E-state index is -1.07. The van der Waals surface area contributed by atoms with Crippen LogP contribution >= 0.6 is 0 Å². The van der Waals surface area contributed by atoms with Gasteiger partial charge in [0.25, 0.3) is 0 Å². The summed E-state index contributed by atoms with van der Waals surface area (Å²) in [5.74, 6) is -1.78. The number of amides is 2. The first-order valence-corrected chi connectivity index (χ1v) is 10.7. The third kappa shape index (κ3) is 4.51. The van der Waals surface area contributed by atoms with Crippen LogP contribution < -0.4 is 10.6 Å². The molecule has 7 nitrogen and oxygen atoms in total. The fourth-order valence-corrected chi connectivity index (χ4v) is 4.25. The van der Waals surface area contributed by atoms with Gasteiger partial charge in [-0.05, 0) is 47.4 Å². The first kappa shape index (κ1) is 21.6. The molecule has 2 aromatic carbocycles. The molecule has 2 amide bonds. The minimum absolute atomic E-state index is 0.0599. The van der Waals surface area contributed by atoms with Crippen molar-refractivity contribution in [2.24, 2.45) is 5.92 Å². The number of benzene rings is 2. The highest BCUT2D eigenvalue weighted by Gasteiger charge is 2.38. The van der Waals surface area contributed by atoms with E-state index in [1.807, 2.05) is 36.4 Å². The predicted molar refractivity (Wildman–Crippen MR) is 119 cm³/mol. The summed E-state index contributed by atoms with van der Waals surface area (Å²) >= 11 is 0. The number of carboxylic acid groups (broad SMARTS) is 1. The van der Waals surface area contributed by atoms with Crippen LogP contribution in [-0.4, -0.2) is 41.8 Å². The van der Waals surface area contributed by atoms with Crippen molar-refractivity contribution in [3.8, 4) is 11.1 Å². The number of fused-ring (bicyclic) bond motifs is 3. The Balaban J connectivity index is 1.39. The molecule has 0 aromatic heterocycles. The number of carboxylic acids is 1. The van der Waals surface area contributed by atoms with E-state index in [0.29, 0.717) is 0 Å². The van der Waals surface area contributed by atoms with Gasteiger partial charge in [0.05, 0.1) is 0 Å². The lowest BCUT2D eigenvalue weighted by molar-refractivity contribution is -0.142. The lowest BCUT2D eigenvalue weighted by atomic mass is 9.98. The van der Waals surface area contributed by atoms with E-state index in [1.165, 1.54) is 6.08 Å². The molecule has 2 unspecified atom stereocenters. The smallest absolute Gasteiger partial charge is 0.407 e. The maximum atomic E-state index is 12.6. The Morgan fingerprint density at radius 1 is 1.03 bits per heavy atom. The van der Waals surface area contributed by atoms with Gasteiger partial charge < -0.3 is 20.5 Å². The van der Waals surface area contributed by atoms with E-state index < -0.39 is 30.1 Å². The summed E-state index contributed by atoms with van der Waals surface area (Å²) < 4.78 is 5.50. The van der Waals surface area contributed by atoms with E-state index in [-0.39, 0.29) is 24.9 Å². The largest absolute Gasteiger partial charge is 0.480 e. The highest BCUT2D eigenvalue weighted by molar-refractivity contribution is 5.89. The van der Waals surface area contributed by atoms with Crippen molar-refractivity contribution in [3.05, 3.63) is 72.3 Å². The minimum Gasteiger partial charge on any atom is -0.480 e. The molecule has 7 heteroatoms. The molecule has 0 bridgehead atoms. The molecule has 0 spiro atoms. The lowest BCUT2D eigenvalue weighted by Crippen LogP contribution is -2.52. The number of ether oxygens (including phenoxy) is 1. The zero-order chi connectivity index (χ0) is 22.7. The van der Waals surface area contributed by atoms with Gasteiger partial charge in [-0.3, -0.25) is 4.79 Å². The summed E-state index contributed by atoms with van der Waals surface area (Å²) in [6.45, 7) is 3.75. The molecular weight excluding hydrogens is 408 g/mol. The molecule has 2 aliphatic rings. The van der Waals surface area contributed by atoms with Crippen molar-refractivity contribution in [3.63, 3.8) is 0 Å². The average molecular weight is 434 g/mol. The van der Waals surface area contributed by atoms with E-state index in [0.717, 1.165) is 35.1 Å². The highest BCUT2D eigenvalue weighted by atomic mass is 16.5. The van der Waals surface area contributed by atoms with Crippen LogP contribution in [0.3, 0.4) is 0 Å². The summed E-state index contributed by atoms with van der Waals surface area (Å²) in [5.41, 5.74) is 4.44. The number of nitrogens with one attached hydrogen (secondary N) is 2. The number of rotatable bonds is 9. The molecule has 0 radical (unpaired) electrons. The molecule has 2 aliphatic carbocycles. The summed E-state index contributed by atoms with van der Waals surface area (Å²) in [6, 6.07) is 14.1. The molecule has 32 heavy (non-hydrogen) atoms. The van der Waals surface area contributed by atoms with Gasteiger partial charge in [0.15, 0.2) is 0 Å². The van der Waals surface area contributed by atoms with Crippen LogP contribution in [-0.2, 0) is 14.3 Å². The highest BCUT2D eigenvalue weighted by Crippen LogP contribution is 2.44. The van der Waals surface area contributed by atoms with Crippen molar-refractivity contribution in [2.45, 2.75) is 37.3 Å². The third-order valence-electron chi connectivity index (χ3n) is 6.01. The van der Waals surface area contributed by atoms with E-state index in [9.17, 15) is 19.5 Å². The van der Waals surface area contributed by atoms with Crippen molar-refractivity contribution in [1.29, 1.82) is 0 Å². The number of hydrogen-bond acceptors (Lipinski definition) is 4. The van der Waals surface area contributed by atoms with Crippen LogP contribution in [0.25, 0.3) is 11.1 Å². The van der Waals surface area contributed by atoms with Gasteiger partial charge in [-0.25, -0.2) is 9.59 Å². The van der Waals surface area contributed by atoms with Crippen LogP contribution in [0, 0.1) is 5.92 Å². The number of carbonyl (C=O) groups excluding carboxylic acids is 2. The molecule has 2 aromatic rings. The molecule has 2 atom stereocenters. The van der Waals surface area contributed by atoms with Gasteiger partial charge in [-0.1, -0.05) is 54.6 Å². The van der Waals surface area contributed by atoms with Crippen LogP contribution in [0.4, 0.5) is 4.79 Å². The van der Waals surface area contributed by atoms with Crippen molar-refractivity contribution in [1.82, 2.24) is 10.6 Å². The third-order valence-corrected chi connectivity index (χ3v) is 6.01. The fourth-order valence-electron chi connectivity index (χ4n) is 4.25. The zero-order valence-electron chi connectivity index (χ0n) is 17.6. The molecule has 1 saturated carbocycles. The number of carbonyl (C=O) groups is 3. The molecular formula is C25H26N2O5. The summed E-state index contributed by atoms with van der Waals surface area (Å²) in [6.07, 6.45) is 2.47. The Kier molecular flexibility index (Phi) is 6.25. The van der Waals surface area contributed by atoms with Crippen LogP contribution in [0.1, 0.15) is 36.3 Å². The summed E-state index contributed by atoms with van der Waals surface area (Å²) in [5, 5.41) is 14.4. The van der Waals surface area contributed by atoms with E-state index in [4.69, 9.17) is 4.74 Å². The van der Waals surface area contributed by atoms with Gasteiger partial charge in [0.1, 0.15) is 18.7 Å². The van der Waals surface area contributed by atoms with Crippen molar-refractivity contribution >= 4 is 18.0 Å². The Morgan fingerprint density at radius 2 is 1.62 bits per heavy atom. The molecule has 1 fully saturated rings. The van der Waals surface area contributed by atoms with E-state index in [2.05, 4.69) is 29.3 Å². The van der Waals surface area contributed by atoms with Crippen LogP contribution in [0.5, 0.6) is 0 Å². The number of alkyl carbamates (subject to hydrolysis) is 1. The SMILES string of the molecule is C=CCC(NC(=O)OCC1c2ccccc2-c2ccccc21)C(=O)NC(C(=O)O)C1CC1. The quantitative estimate of drug-likeness (QED) is 0.525. The molecule has 3 N–H and O–H groups in total. The standard InChI is InChI=1S/C25H26N2O5/c1-2-7-21(23(28)27-22(24(29)30)15-12-13-15)26-25(31)32-14-20-18-10-5-3-8-16(18)17-9-4-6-11-19(17)20/h2-6,8-11,15,20-22H,1,7,12-14H2,(H,26,31)(H,27,28)(H,29,30). The molecule has 4 rings (SSSR count). The van der Waals surface area contributed by atoms with Crippen molar-refractivity contribution in [2.75, 3.05) is 6.61 Å². The second-order valence-electron chi connectivity index (χ2n) is 8.21. The van der Waals surface area contributed by atoms with Crippen LogP contribution in [0.2, 0.25) is 0 Å². The average Bonchev–Trinajstić information content (AvgIpc) is 3.58. The second kappa shape index (κ2) is 9.26. The Hall–Kier alpha value is -3.61. The monoisotopic (exact) mass is 434 g/mol. The van der Waals surface area contributed by atoms with E-state index in [1.54, 1.807) is 0 Å². The zero-order valence-corrected chi connectivity index (χ0v) is 17.6. The molecule has 0 aliphatic heterocycles. The first-order valence-electron chi connectivity index (χ1n) is 10.7. The molecule has 0 saturated heterocycles. The van der Waals surface area contributed by atoms with Gasteiger partial charge >= 0.3 is 12.1 Å².